The largest absolute Gasteiger partial charge is 0.462 e. The van der Waals surface area contributed by atoms with Crippen molar-refractivity contribution in [1.29, 1.82) is 0 Å². The molecule has 0 bridgehead atoms. The second-order valence-corrected chi connectivity index (χ2v) is 27.9. The summed E-state index contributed by atoms with van der Waals surface area (Å²) in [7, 11) is 0. The fraction of sp³-hybridized carbons (Fsp3) is 0.264. The minimum absolute atomic E-state index is 0. The number of thiophene rings is 1. The highest BCUT2D eigenvalue weighted by molar-refractivity contribution is 7.12. The van der Waals surface area contributed by atoms with Gasteiger partial charge in [0.1, 0.15) is 34.1 Å². The topological polar surface area (TPSA) is 216 Å². The fourth-order valence-electron chi connectivity index (χ4n) is 14.6. The van der Waals surface area contributed by atoms with Crippen LogP contribution in [-0.2, 0) is 33.8 Å². The van der Waals surface area contributed by atoms with Crippen LogP contribution in [0.25, 0.3) is 32.7 Å². The molecule has 0 N–H and O–H groups in total. The van der Waals surface area contributed by atoms with Crippen LogP contribution in [0.1, 0.15) is 121 Å². The SMILES string of the molecule is C.C.C.CCOC(=O)c1c(N2CCN(C(=O)c3ccc(F)cc3)CC2)c2ccccc2n(Cc2ccc(F)cc2)c1=O.CCOC(=O)c1c(N2CCN(C(=O)c3ccc(F)cc3)CC2)c2ccccc2n(Cc2ccccc2)c1=O.CCOC(=O)c1c(N2CCN(C(=O)c3cccs3)CC2)c2ccccc2n(Cc2ccccc2)c1=O. The number of piperazine rings is 3. The average molecular weight is 1590 g/mol. The van der Waals surface area contributed by atoms with Crippen molar-refractivity contribution in [2.24, 2.45) is 0 Å². The first-order valence-electron chi connectivity index (χ1n) is 37.4. The lowest BCUT2D eigenvalue weighted by atomic mass is 10.0. The molecule has 0 saturated carbocycles. The normalized spacial score (nSPS) is 13.2. The molecule has 116 heavy (non-hydrogen) atoms. The monoisotopic (exact) mass is 1590 g/mol. The minimum Gasteiger partial charge on any atom is -0.462 e. The molecule has 0 unspecified atom stereocenters. The number of carbonyl (C=O) groups is 6. The summed E-state index contributed by atoms with van der Waals surface area (Å²) >= 11 is 1.43. The van der Waals surface area contributed by atoms with Gasteiger partial charge < -0.3 is 57.3 Å². The molecule has 3 aliphatic heterocycles. The molecule has 7 heterocycles. The molecule has 3 fully saturated rings. The molecular weight excluding hydrogens is 1500 g/mol. The van der Waals surface area contributed by atoms with Gasteiger partial charge in [0, 0.05) is 106 Å². The van der Waals surface area contributed by atoms with Gasteiger partial charge in [-0.15, -0.1) is 11.3 Å². The van der Waals surface area contributed by atoms with E-state index in [-0.39, 0.29) is 94.4 Å². The number of halogens is 3. The lowest BCUT2D eigenvalue weighted by Crippen LogP contribution is -2.49. The van der Waals surface area contributed by atoms with Gasteiger partial charge in [-0.3, -0.25) is 28.8 Å². The number of nitrogens with zero attached hydrogens (tertiary/aromatic N) is 9. The Morgan fingerprint density at radius 1 is 0.328 bits per heavy atom. The van der Waals surface area contributed by atoms with E-state index in [0.29, 0.717) is 147 Å². The highest BCUT2D eigenvalue weighted by Crippen LogP contribution is 2.35. The number of amides is 3. The molecular formula is C91H94F3N9O12S. The Balaban J connectivity index is 0.000000181. The number of para-hydroxylation sites is 3. The third kappa shape index (κ3) is 18.8. The standard InChI is InChI=1S/C30H27F2N3O4.C30H28FN3O4.C28H27N3O4S.3CH4/c1-2-39-30(38)26-27(33-15-17-34(18-16-33)28(36)21-9-13-23(32)14-10-21)24-5-3-4-6-25(24)35(29(26)37)19-20-7-11-22(31)12-8-20;1-2-38-30(37)26-27(32-16-18-33(19-17-32)28(35)22-12-14-23(31)15-13-22)24-10-6-7-11-25(24)34(29(26)36)20-21-8-4-3-5-9-21;1-2-35-28(34)24-25(29-14-16-30(17-15-29)26(32)23-13-8-18-36-23)21-11-6-7-12-22(21)31(27(24)33)19-20-9-4-3-5-10-20;;;/h3-14H,2,15-19H2,1H3;3-15H,2,16-20H2,1H3;3-13,18H,2,14-17,19H2,1H3;3*1H4. The summed E-state index contributed by atoms with van der Waals surface area (Å²) in [6.07, 6.45) is 0. The lowest BCUT2D eigenvalue weighted by Gasteiger charge is -2.37. The first-order chi connectivity index (χ1) is 54.9. The van der Waals surface area contributed by atoms with E-state index in [0.717, 1.165) is 27.4 Å². The summed E-state index contributed by atoms with van der Waals surface area (Å²) in [4.78, 5) is 132. The Bertz CT molecular complexity index is 5650. The average Bonchev–Trinajstić information content (AvgIpc) is 0.805. The molecule has 4 aromatic heterocycles. The van der Waals surface area contributed by atoms with Crippen molar-refractivity contribution < 1.29 is 56.1 Å². The van der Waals surface area contributed by atoms with Gasteiger partial charge in [-0.2, -0.15) is 0 Å². The van der Waals surface area contributed by atoms with Crippen LogP contribution in [-0.4, -0.2) is 162 Å². The van der Waals surface area contributed by atoms with Gasteiger partial charge in [-0.25, -0.2) is 27.6 Å². The van der Waals surface area contributed by atoms with Crippen molar-refractivity contribution in [2.75, 3.05) is 113 Å². The number of fused-ring (bicyclic) bond motifs is 3. The Labute approximate surface area is 675 Å². The van der Waals surface area contributed by atoms with E-state index in [4.69, 9.17) is 14.2 Å². The molecule has 602 valence electrons. The molecule has 0 radical (unpaired) electrons. The maximum absolute atomic E-state index is 13.9. The van der Waals surface area contributed by atoms with Crippen molar-refractivity contribution in [3.05, 3.63) is 322 Å². The van der Waals surface area contributed by atoms with Gasteiger partial charge in [0.2, 0.25) is 0 Å². The number of hydrogen-bond donors (Lipinski definition) is 0. The Morgan fingerprint density at radius 3 is 0.897 bits per heavy atom. The Hall–Kier alpha value is -12.9. The zero-order valence-corrected chi connectivity index (χ0v) is 63.4. The van der Waals surface area contributed by atoms with Crippen molar-refractivity contribution in [3.8, 4) is 0 Å². The number of pyridine rings is 3. The summed E-state index contributed by atoms with van der Waals surface area (Å²) in [5.74, 6) is -3.57. The van der Waals surface area contributed by atoms with E-state index >= 15 is 0 Å². The first-order valence-corrected chi connectivity index (χ1v) is 38.3. The fourth-order valence-corrected chi connectivity index (χ4v) is 15.3. The molecule has 3 aliphatic rings. The molecule has 3 saturated heterocycles. The number of rotatable bonds is 18. The Kier molecular flexibility index (Phi) is 28.9. The van der Waals surface area contributed by atoms with E-state index in [1.165, 1.54) is 76.6 Å². The molecule has 0 aliphatic carbocycles. The first kappa shape index (κ1) is 85.5. The second-order valence-electron chi connectivity index (χ2n) is 27.0. The number of esters is 3. The van der Waals surface area contributed by atoms with Gasteiger partial charge in [-0.05, 0) is 128 Å². The third-order valence-electron chi connectivity index (χ3n) is 20.1. The molecule has 0 atom stereocenters. The van der Waals surface area contributed by atoms with E-state index in [1.807, 2.05) is 171 Å². The summed E-state index contributed by atoms with van der Waals surface area (Å²) < 4.78 is 60.9. The number of ether oxygens (including phenoxy) is 3. The van der Waals surface area contributed by atoms with Gasteiger partial charge in [-0.1, -0.05) is 156 Å². The van der Waals surface area contributed by atoms with Crippen molar-refractivity contribution in [3.63, 3.8) is 0 Å². The van der Waals surface area contributed by atoms with Gasteiger partial charge >= 0.3 is 17.9 Å². The van der Waals surface area contributed by atoms with Crippen molar-refractivity contribution >= 4 is 96.7 Å². The van der Waals surface area contributed by atoms with Gasteiger partial charge in [0.15, 0.2) is 0 Å². The van der Waals surface area contributed by atoms with Crippen LogP contribution in [0.3, 0.4) is 0 Å². The predicted octanol–water partition coefficient (Wildman–Crippen LogP) is 15.0. The van der Waals surface area contributed by atoms with E-state index in [1.54, 1.807) is 51.8 Å². The van der Waals surface area contributed by atoms with Crippen LogP contribution in [0.2, 0.25) is 0 Å². The summed E-state index contributed by atoms with van der Waals surface area (Å²) in [6.45, 7) is 11.4. The zero-order valence-electron chi connectivity index (χ0n) is 62.6. The zero-order chi connectivity index (χ0) is 79.2. The van der Waals surface area contributed by atoms with Crippen LogP contribution in [0.4, 0.5) is 30.2 Å². The predicted molar refractivity (Wildman–Crippen MR) is 451 cm³/mol. The van der Waals surface area contributed by atoms with Crippen molar-refractivity contribution in [1.82, 2.24) is 28.4 Å². The minimum atomic E-state index is -0.721. The van der Waals surface area contributed by atoms with Crippen LogP contribution < -0.4 is 31.4 Å². The third-order valence-corrected chi connectivity index (χ3v) is 20.9. The van der Waals surface area contributed by atoms with Crippen LogP contribution in [0.15, 0.2) is 238 Å². The molecule has 0 spiro atoms. The maximum atomic E-state index is 13.9. The number of aromatic nitrogens is 3. The number of carbonyl (C=O) groups excluding carboxylic acids is 6. The number of hydrogen-bond acceptors (Lipinski definition) is 16. The molecule has 21 nitrogen and oxygen atoms in total. The summed E-state index contributed by atoms with van der Waals surface area (Å²) in [6, 6.07) is 62.3. The van der Waals surface area contributed by atoms with Gasteiger partial charge in [0.05, 0.1) is 77.9 Å². The number of anilines is 3. The van der Waals surface area contributed by atoms with E-state index in [2.05, 4.69) is 0 Å². The van der Waals surface area contributed by atoms with Crippen LogP contribution in [0, 0.1) is 17.5 Å². The van der Waals surface area contributed by atoms with Gasteiger partial charge in [0.25, 0.3) is 34.4 Å². The maximum Gasteiger partial charge on any atom is 0.345 e. The molecule has 15 rings (SSSR count). The second kappa shape index (κ2) is 39.2. The van der Waals surface area contributed by atoms with Crippen LogP contribution in [0.5, 0.6) is 0 Å². The molecule has 8 aromatic carbocycles. The highest BCUT2D eigenvalue weighted by Gasteiger charge is 2.35. The number of benzene rings is 8. The van der Waals surface area contributed by atoms with E-state index in [9.17, 15) is 56.3 Å². The lowest BCUT2D eigenvalue weighted by molar-refractivity contribution is 0.0514. The molecule has 12 aromatic rings. The quantitative estimate of drug-likeness (QED) is 0.0577. The molecule has 25 heteroatoms. The molecule has 3 amide bonds. The Morgan fingerprint density at radius 2 is 0.603 bits per heavy atom. The van der Waals surface area contributed by atoms with E-state index < -0.39 is 40.7 Å². The highest BCUT2D eigenvalue weighted by atomic mass is 32.1. The van der Waals surface area contributed by atoms with Crippen molar-refractivity contribution in [2.45, 2.75) is 62.7 Å². The smallest absolute Gasteiger partial charge is 0.345 e. The van der Waals surface area contributed by atoms with Crippen LogP contribution >= 0.6 is 11.3 Å². The summed E-state index contributed by atoms with van der Waals surface area (Å²) in [5, 5.41) is 4.17. The summed E-state index contributed by atoms with van der Waals surface area (Å²) in [5.41, 5.74) is 5.79.